The van der Waals surface area contributed by atoms with Gasteiger partial charge in [-0.1, -0.05) is 35.3 Å². The van der Waals surface area contributed by atoms with Crippen molar-refractivity contribution in [3.05, 3.63) is 68.7 Å². The van der Waals surface area contributed by atoms with Crippen LogP contribution >= 0.6 is 34.8 Å². The van der Waals surface area contributed by atoms with Gasteiger partial charge in [0.25, 0.3) is 0 Å². The summed E-state index contributed by atoms with van der Waals surface area (Å²) in [5.41, 5.74) is 4.77. The van der Waals surface area contributed by atoms with Gasteiger partial charge in [0.05, 0.1) is 5.38 Å². The normalized spacial score (nSPS) is 14.8. The van der Waals surface area contributed by atoms with Crippen molar-refractivity contribution in [2.24, 2.45) is 0 Å². The molecule has 0 unspecified atom stereocenters. The van der Waals surface area contributed by atoms with E-state index in [1.165, 1.54) is 11.1 Å². The maximum atomic E-state index is 6.60. The van der Waals surface area contributed by atoms with Crippen LogP contribution in [0.3, 0.4) is 0 Å². The maximum absolute atomic E-state index is 6.60. The molecule has 0 nitrogen and oxygen atoms in total. The fraction of sp³-hybridized carbons (Fsp3) is 0.200. The van der Waals surface area contributed by atoms with Crippen molar-refractivity contribution >= 4 is 34.8 Å². The van der Waals surface area contributed by atoms with Crippen molar-refractivity contribution in [2.45, 2.75) is 18.2 Å². The molecule has 3 rings (SSSR count). The van der Waals surface area contributed by atoms with E-state index in [0.717, 1.165) is 34.0 Å². The zero-order valence-electron chi connectivity index (χ0n) is 9.59. The van der Waals surface area contributed by atoms with Crippen molar-refractivity contribution in [1.82, 2.24) is 0 Å². The van der Waals surface area contributed by atoms with E-state index in [1.54, 1.807) is 0 Å². The summed E-state index contributed by atoms with van der Waals surface area (Å²) in [6.45, 7) is 0. The Kier molecular flexibility index (Phi) is 3.27. The van der Waals surface area contributed by atoms with Crippen molar-refractivity contribution in [1.29, 1.82) is 0 Å². The van der Waals surface area contributed by atoms with Crippen LogP contribution in [0.25, 0.3) is 0 Å². The van der Waals surface area contributed by atoms with E-state index in [2.05, 4.69) is 0 Å². The Hall–Kier alpha value is -0.690. The minimum atomic E-state index is -0.118. The second-order valence-electron chi connectivity index (χ2n) is 4.55. The van der Waals surface area contributed by atoms with E-state index in [4.69, 9.17) is 34.8 Å². The molecule has 3 heteroatoms. The predicted octanol–water partition coefficient (Wildman–Crippen LogP) is 5.42. The Bertz CT molecular complexity index is 551. The SMILES string of the molecule is Clc1ccc2c(c1)CCc1cc(Cl)ccc1C2Cl. The minimum Gasteiger partial charge on any atom is -0.113 e. The van der Waals surface area contributed by atoms with Crippen LogP contribution < -0.4 is 0 Å². The first kappa shape index (κ1) is 12.3. The van der Waals surface area contributed by atoms with Gasteiger partial charge in [0.2, 0.25) is 0 Å². The molecular weight excluding hydrogens is 287 g/mol. The van der Waals surface area contributed by atoms with Crippen LogP contribution in [-0.4, -0.2) is 0 Å². The Labute approximate surface area is 121 Å². The van der Waals surface area contributed by atoms with Crippen LogP contribution in [0.2, 0.25) is 10.0 Å². The summed E-state index contributed by atoms with van der Waals surface area (Å²) in [5, 5.41) is 1.41. The molecule has 0 bridgehead atoms. The third-order valence-corrected chi connectivity index (χ3v) is 4.36. The number of alkyl halides is 1. The highest BCUT2D eigenvalue weighted by molar-refractivity contribution is 6.31. The lowest BCUT2D eigenvalue weighted by Crippen LogP contribution is -1.96. The molecule has 2 aromatic carbocycles. The van der Waals surface area contributed by atoms with Gasteiger partial charge in [-0.05, 0) is 59.4 Å². The van der Waals surface area contributed by atoms with Crippen LogP contribution in [0.15, 0.2) is 36.4 Å². The zero-order chi connectivity index (χ0) is 12.7. The first-order valence-corrected chi connectivity index (χ1v) is 7.05. The van der Waals surface area contributed by atoms with Gasteiger partial charge >= 0.3 is 0 Å². The molecule has 0 radical (unpaired) electrons. The van der Waals surface area contributed by atoms with Crippen molar-refractivity contribution in [3.63, 3.8) is 0 Å². The molecule has 0 atom stereocenters. The maximum Gasteiger partial charge on any atom is 0.0840 e. The smallest absolute Gasteiger partial charge is 0.0840 e. The van der Waals surface area contributed by atoms with Crippen LogP contribution in [0.1, 0.15) is 27.6 Å². The Balaban J connectivity index is 2.15. The van der Waals surface area contributed by atoms with E-state index < -0.39 is 0 Å². The number of hydrogen-bond acceptors (Lipinski definition) is 0. The quantitative estimate of drug-likeness (QED) is 0.570. The summed E-state index contributed by atoms with van der Waals surface area (Å²) in [5.74, 6) is 0. The summed E-state index contributed by atoms with van der Waals surface area (Å²) in [4.78, 5) is 0. The predicted molar refractivity (Wildman–Crippen MR) is 78.0 cm³/mol. The van der Waals surface area contributed by atoms with Gasteiger partial charge in [-0.25, -0.2) is 0 Å². The van der Waals surface area contributed by atoms with Gasteiger partial charge in [0.15, 0.2) is 0 Å². The standard InChI is InChI=1S/C15H11Cl3/c16-11-3-5-13-9(7-11)1-2-10-8-12(17)4-6-14(10)15(13)18/h3-8,15H,1-2H2. The van der Waals surface area contributed by atoms with Crippen molar-refractivity contribution < 1.29 is 0 Å². The van der Waals surface area contributed by atoms with Crippen LogP contribution in [-0.2, 0) is 12.8 Å². The summed E-state index contributed by atoms with van der Waals surface area (Å²) >= 11 is 18.7. The van der Waals surface area contributed by atoms with Crippen LogP contribution in [0.4, 0.5) is 0 Å². The average Bonchev–Trinajstić information content (AvgIpc) is 2.47. The first-order valence-electron chi connectivity index (χ1n) is 5.86. The summed E-state index contributed by atoms with van der Waals surface area (Å²) in [6, 6.07) is 11.9. The molecule has 2 aromatic rings. The van der Waals surface area contributed by atoms with Crippen LogP contribution in [0, 0.1) is 0 Å². The number of halogens is 3. The highest BCUT2D eigenvalue weighted by Crippen LogP contribution is 2.38. The molecule has 1 aliphatic carbocycles. The van der Waals surface area contributed by atoms with Crippen molar-refractivity contribution in [2.75, 3.05) is 0 Å². The average molecular weight is 298 g/mol. The molecule has 18 heavy (non-hydrogen) atoms. The summed E-state index contributed by atoms with van der Waals surface area (Å²) < 4.78 is 0. The van der Waals surface area contributed by atoms with E-state index in [-0.39, 0.29) is 5.38 Å². The molecule has 0 fully saturated rings. The molecule has 0 aliphatic heterocycles. The van der Waals surface area contributed by atoms with Gasteiger partial charge in [0, 0.05) is 10.0 Å². The van der Waals surface area contributed by atoms with E-state index in [1.807, 2.05) is 36.4 Å². The summed E-state index contributed by atoms with van der Waals surface area (Å²) in [7, 11) is 0. The Morgan fingerprint density at radius 2 is 1.22 bits per heavy atom. The molecule has 0 heterocycles. The third kappa shape index (κ3) is 2.14. The lowest BCUT2D eigenvalue weighted by molar-refractivity contribution is 0.965. The number of rotatable bonds is 0. The molecule has 0 N–H and O–H groups in total. The number of benzene rings is 2. The molecule has 0 amide bonds. The number of fused-ring (bicyclic) bond motifs is 2. The van der Waals surface area contributed by atoms with Gasteiger partial charge in [0.1, 0.15) is 0 Å². The molecule has 1 aliphatic rings. The lowest BCUT2D eigenvalue weighted by Gasteiger charge is -2.13. The second kappa shape index (κ2) is 4.77. The van der Waals surface area contributed by atoms with E-state index >= 15 is 0 Å². The second-order valence-corrected chi connectivity index (χ2v) is 5.86. The Morgan fingerprint density at radius 1 is 0.778 bits per heavy atom. The Morgan fingerprint density at radius 3 is 1.67 bits per heavy atom. The monoisotopic (exact) mass is 296 g/mol. The molecule has 0 saturated carbocycles. The molecule has 0 aromatic heterocycles. The largest absolute Gasteiger partial charge is 0.113 e. The van der Waals surface area contributed by atoms with Gasteiger partial charge in [-0.15, -0.1) is 11.6 Å². The van der Waals surface area contributed by atoms with Gasteiger partial charge in [-0.2, -0.15) is 0 Å². The third-order valence-electron chi connectivity index (χ3n) is 3.42. The van der Waals surface area contributed by atoms with E-state index in [9.17, 15) is 0 Å². The van der Waals surface area contributed by atoms with Crippen molar-refractivity contribution in [3.8, 4) is 0 Å². The van der Waals surface area contributed by atoms with E-state index in [0.29, 0.717) is 0 Å². The highest BCUT2D eigenvalue weighted by Gasteiger charge is 2.21. The first-order chi connectivity index (χ1) is 8.65. The summed E-state index contributed by atoms with van der Waals surface area (Å²) in [6.07, 6.45) is 1.90. The van der Waals surface area contributed by atoms with Crippen LogP contribution in [0.5, 0.6) is 0 Å². The zero-order valence-corrected chi connectivity index (χ0v) is 11.9. The molecule has 0 spiro atoms. The molecular formula is C15H11Cl3. The molecule has 92 valence electrons. The fourth-order valence-corrected chi connectivity index (χ4v) is 3.33. The minimum absolute atomic E-state index is 0.118. The molecule has 0 saturated heterocycles. The number of aryl methyl sites for hydroxylation is 2. The number of hydrogen-bond donors (Lipinski definition) is 0. The topological polar surface area (TPSA) is 0 Å². The van der Waals surface area contributed by atoms with Gasteiger partial charge < -0.3 is 0 Å². The highest BCUT2D eigenvalue weighted by atomic mass is 35.5. The lowest BCUT2D eigenvalue weighted by atomic mass is 10.00. The fourth-order valence-electron chi connectivity index (χ4n) is 2.51. The van der Waals surface area contributed by atoms with Gasteiger partial charge in [-0.3, -0.25) is 0 Å².